The van der Waals surface area contributed by atoms with Crippen LogP contribution in [0.5, 0.6) is 0 Å². The highest BCUT2D eigenvalue weighted by Gasteiger charge is 2.49. The molecule has 2 N–H and O–H groups in total. The number of urea groups is 1. The maximum absolute atomic E-state index is 13.0. The molecule has 1 saturated heterocycles. The summed E-state index contributed by atoms with van der Waals surface area (Å²) in [6.45, 7) is 4.96. The topological polar surface area (TPSA) is 78.5 Å². The first-order valence-electron chi connectivity index (χ1n) is 8.88. The third-order valence-corrected chi connectivity index (χ3v) is 6.06. The smallest absolute Gasteiger partial charge is 0.324 e. The van der Waals surface area contributed by atoms with Gasteiger partial charge in [-0.3, -0.25) is 14.5 Å². The van der Waals surface area contributed by atoms with Gasteiger partial charge >= 0.3 is 6.03 Å². The lowest BCUT2D eigenvalue weighted by molar-refractivity contribution is -0.133. The lowest BCUT2D eigenvalue weighted by Gasteiger charge is -2.22. The van der Waals surface area contributed by atoms with Crippen molar-refractivity contribution in [2.45, 2.75) is 17.4 Å². The number of carbonyl (C=O) groups excluding carboxylic acids is 3. The first-order chi connectivity index (χ1) is 13.8. The second-order valence-corrected chi connectivity index (χ2v) is 8.58. The fourth-order valence-electron chi connectivity index (χ4n) is 3.01. The number of para-hydroxylation sites is 1. The average Bonchev–Trinajstić information content (AvgIpc) is 2.91. The number of nitrogens with one attached hydrogen (secondary N) is 2. The van der Waals surface area contributed by atoms with Gasteiger partial charge in [0.05, 0.1) is 5.69 Å². The van der Waals surface area contributed by atoms with Gasteiger partial charge in [0.1, 0.15) is 12.1 Å². The largest absolute Gasteiger partial charge is 0.325 e. The molecule has 1 atom stereocenters. The van der Waals surface area contributed by atoms with Crippen LogP contribution in [0.2, 0.25) is 0 Å². The minimum absolute atomic E-state index is 0.366. The lowest BCUT2D eigenvalue weighted by atomic mass is 9.92. The summed E-state index contributed by atoms with van der Waals surface area (Å²) >= 11 is 4.91. The van der Waals surface area contributed by atoms with Gasteiger partial charge in [0.15, 0.2) is 0 Å². The Balaban J connectivity index is 1.74. The molecule has 1 aliphatic heterocycles. The van der Waals surface area contributed by atoms with E-state index in [1.54, 1.807) is 37.3 Å². The van der Waals surface area contributed by atoms with Crippen molar-refractivity contribution in [3.05, 3.63) is 71.2 Å². The first kappa shape index (κ1) is 21.1. The Kier molecular flexibility index (Phi) is 6.44. The van der Waals surface area contributed by atoms with Crippen molar-refractivity contribution in [1.82, 2.24) is 10.2 Å². The summed E-state index contributed by atoms with van der Waals surface area (Å²) in [7, 11) is 0. The average molecular weight is 474 g/mol. The molecule has 4 amide bonds. The Labute approximate surface area is 181 Å². The number of rotatable bonds is 7. The summed E-state index contributed by atoms with van der Waals surface area (Å²) in [5.74, 6) is -0.214. The third kappa shape index (κ3) is 4.54. The van der Waals surface area contributed by atoms with E-state index in [9.17, 15) is 14.4 Å². The highest BCUT2D eigenvalue weighted by molar-refractivity contribution is 9.10. The molecule has 2 aromatic carbocycles. The Morgan fingerprint density at radius 1 is 1.28 bits per heavy atom. The Hall–Kier alpha value is -2.58. The van der Waals surface area contributed by atoms with Gasteiger partial charge < -0.3 is 10.6 Å². The van der Waals surface area contributed by atoms with Crippen LogP contribution in [-0.2, 0) is 15.1 Å². The number of thioether (sulfide) groups is 1. The zero-order chi connectivity index (χ0) is 21.0. The maximum atomic E-state index is 13.0. The molecule has 150 valence electrons. The molecule has 6 nitrogen and oxygen atoms in total. The Morgan fingerprint density at radius 3 is 2.76 bits per heavy atom. The molecule has 29 heavy (non-hydrogen) atoms. The van der Waals surface area contributed by atoms with Crippen molar-refractivity contribution >= 4 is 51.2 Å². The van der Waals surface area contributed by atoms with Crippen LogP contribution in [0.25, 0.3) is 0 Å². The fraction of sp³-hybridized carbons (Fsp3) is 0.190. The standard InChI is InChI=1S/C21H20BrN3O3S/c1-3-11-29-17-10-5-4-9-16(17)23-18(26)13-25-19(27)21(2,24-20(25)28)14-7-6-8-15(22)12-14/h3-10,12H,1,11,13H2,2H3,(H,23,26)(H,24,28)/t21-/m1/s1. The number of imide groups is 1. The number of halogens is 1. The summed E-state index contributed by atoms with van der Waals surface area (Å²) in [6.07, 6.45) is 1.78. The molecule has 0 radical (unpaired) electrons. The summed E-state index contributed by atoms with van der Waals surface area (Å²) < 4.78 is 0.795. The van der Waals surface area contributed by atoms with E-state index < -0.39 is 23.4 Å². The molecule has 0 unspecified atom stereocenters. The number of hydrogen-bond acceptors (Lipinski definition) is 4. The van der Waals surface area contributed by atoms with Crippen LogP contribution in [0.4, 0.5) is 10.5 Å². The number of benzene rings is 2. The van der Waals surface area contributed by atoms with Gasteiger partial charge in [-0.1, -0.05) is 46.3 Å². The predicted molar refractivity (Wildman–Crippen MR) is 118 cm³/mol. The minimum Gasteiger partial charge on any atom is -0.324 e. The second-order valence-electron chi connectivity index (χ2n) is 6.60. The van der Waals surface area contributed by atoms with Crippen LogP contribution in [0.1, 0.15) is 12.5 Å². The van der Waals surface area contributed by atoms with Crippen molar-refractivity contribution in [3.8, 4) is 0 Å². The fourth-order valence-corrected chi connectivity index (χ4v) is 4.16. The van der Waals surface area contributed by atoms with E-state index in [1.807, 2.05) is 24.3 Å². The van der Waals surface area contributed by atoms with Crippen molar-refractivity contribution in [3.63, 3.8) is 0 Å². The number of anilines is 1. The molecule has 0 saturated carbocycles. The molecule has 0 spiro atoms. The van der Waals surface area contributed by atoms with Gasteiger partial charge in [-0.05, 0) is 36.8 Å². The number of carbonyl (C=O) groups is 3. The minimum atomic E-state index is -1.22. The predicted octanol–water partition coefficient (Wildman–Crippen LogP) is 4.13. The molecule has 1 fully saturated rings. The molecule has 3 rings (SSSR count). The highest BCUT2D eigenvalue weighted by Crippen LogP contribution is 2.31. The molecule has 0 aromatic heterocycles. The van der Waals surface area contributed by atoms with Gasteiger partial charge in [-0.15, -0.1) is 18.3 Å². The normalized spacial score (nSPS) is 18.5. The lowest BCUT2D eigenvalue weighted by Crippen LogP contribution is -2.42. The van der Waals surface area contributed by atoms with Crippen LogP contribution in [0.3, 0.4) is 0 Å². The van der Waals surface area contributed by atoms with Gasteiger partial charge in [-0.25, -0.2) is 4.79 Å². The number of hydrogen-bond donors (Lipinski definition) is 2. The molecule has 0 aliphatic carbocycles. The van der Waals surface area contributed by atoms with Crippen molar-refractivity contribution < 1.29 is 14.4 Å². The first-order valence-corrected chi connectivity index (χ1v) is 10.7. The molecule has 2 aromatic rings. The van der Waals surface area contributed by atoms with Crippen LogP contribution < -0.4 is 10.6 Å². The molecule has 8 heteroatoms. The van der Waals surface area contributed by atoms with E-state index in [4.69, 9.17) is 0 Å². The molecule has 1 heterocycles. The molecular weight excluding hydrogens is 454 g/mol. The summed E-state index contributed by atoms with van der Waals surface area (Å²) in [5.41, 5.74) is 0.0456. The van der Waals surface area contributed by atoms with Crippen LogP contribution in [-0.4, -0.2) is 35.0 Å². The maximum Gasteiger partial charge on any atom is 0.325 e. The highest BCUT2D eigenvalue weighted by atomic mass is 79.9. The van der Waals surface area contributed by atoms with E-state index in [0.717, 1.165) is 14.3 Å². The quantitative estimate of drug-likeness (QED) is 0.359. The molecular formula is C21H20BrN3O3S. The zero-order valence-corrected chi connectivity index (χ0v) is 18.2. The number of nitrogens with zero attached hydrogens (tertiary/aromatic N) is 1. The Bertz CT molecular complexity index is 981. The van der Waals surface area contributed by atoms with Crippen molar-refractivity contribution in [2.24, 2.45) is 0 Å². The van der Waals surface area contributed by atoms with Gasteiger partial charge in [0.2, 0.25) is 5.91 Å². The van der Waals surface area contributed by atoms with E-state index >= 15 is 0 Å². The van der Waals surface area contributed by atoms with Crippen LogP contribution >= 0.6 is 27.7 Å². The molecule has 0 bridgehead atoms. The van der Waals surface area contributed by atoms with Crippen LogP contribution in [0.15, 0.2) is 70.6 Å². The monoisotopic (exact) mass is 473 g/mol. The number of amides is 4. The second kappa shape index (κ2) is 8.84. The molecule has 1 aliphatic rings. The van der Waals surface area contributed by atoms with E-state index in [1.165, 1.54) is 11.8 Å². The summed E-state index contributed by atoms with van der Waals surface area (Å²) in [4.78, 5) is 39.8. The summed E-state index contributed by atoms with van der Waals surface area (Å²) in [6, 6.07) is 13.9. The van der Waals surface area contributed by atoms with Crippen molar-refractivity contribution in [2.75, 3.05) is 17.6 Å². The van der Waals surface area contributed by atoms with E-state index in [-0.39, 0.29) is 6.54 Å². The van der Waals surface area contributed by atoms with Gasteiger partial charge in [0.25, 0.3) is 5.91 Å². The van der Waals surface area contributed by atoms with Crippen LogP contribution in [0, 0.1) is 0 Å². The van der Waals surface area contributed by atoms with E-state index in [0.29, 0.717) is 17.0 Å². The van der Waals surface area contributed by atoms with Crippen molar-refractivity contribution in [1.29, 1.82) is 0 Å². The summed E-state index contributed by atoms with van der Waals surface area (Å²) in [5, 5.41) is 5.49. The Morgan fingerprint density at radius 2 is 2.03 bits per heavy atom. The zero-order valence-electron chi connectivity index (χ0n) is 15.8. The van der Waals surface area contributed by atoms with E-state index in [2.05, 4.69) is 33.1 Å². The SMILES string of the molecule is C=CCSc1ccccc1NC(=O)CN1C(=O)N[C@](C)(c2cccc(Br)c2)C1=O. The van der Waals surface area contributed by atoms with Gasteiger partial charge in [-0.2, -0.15) is 0 Å². The van der Waals surface area contributed by atoms with Gasteiger partial charge in [0, 0.05) is 15.1 Å². The third-order valence-electron chi connectivity index (χ3n) is 4.50.